The van der Waals surface area contributed by atoms with E-state index in [1.807, 2.05) is 13.8 Å². The van der Waals surface area contributed by atoms with Gasteiger partial charge in [0.2, 0.25) is 0 Å². The molecule has 24 heavy (non-hydrogen) atoms. The third kappa shape index (κ3) is 4.74. The molecule has 0 aliphatic carbocycles. The molecule has 0 spiro atoms. The average Bonchev–Trinajstić information content (AvgIpc) is 2.51. The van der Waals surface area contributed by atoms with E-state index in [0.29, 0.717) is 41.1 Å². The van der Waals surface area contributed by atoms with E-state index in [1.165, 1.54) is 0 Å². The molecule has 6 nitrogen and oxygen atoms in total. The van der Waals surface area contributed by atoms with E-state index in [9.17, 15) is 5.26 Å². The maximum Gasteiger partial charge on any atom is 0.155 e. The van der Waals surface area contributed by atoms with E-state index in [2.05, 4.69) is 34.9 Å². The lowest BCUT2D eigenvalue weighted by Gasteiger charge is -2.26. The first kappa shape index (κ1) is 17.8. The summed E-state index contributed by atoms with van der Waals surface area (Å²) in [6, 6.07) is 5.58. The van der Waals surface area contributed by atoms with E-state index >= 15 is 0 Å². The van der Waals surface area contributed by atoms with Crippen LogP contribution in [0.25, 0.3) is 11.4 Å². The van der Waals surface area contributed by atoms with Crippen molar-refractivity contribution in [1.82, 2.24) is 15.0 Å². The summed E-state index contributed by atoms with van der Waals surface area (Å²) in [5, 5.41) is 9.40. The van der Waals surface area contributed by atoms with Gasteiger partial charge in [0.1, 0.15) is 18.5 Å². The summed E-state index contributed by atoms with van der Waals surface area (Å²) < 4.78 is 5.77. The van der Waals surface area contributed by atoms with Gasteiger partial charge in [-0.25, -0.2) is 9.97 Å². The molecule has 2 aromatic heterocycles. The fraction of sp³-hybridized carbons (Fsp3) is 0.444. The number of nitrogens with zero attached hydrogens (tertiary/aromatic N) is 4. The van der Waals surface area contributed by atoms with Gasteiger partial charge in [-0.15, -0.1) is 0 Å². The molecule has 2 N–H and O–H groups in total. The van der Waals surface area contributed by atoms with Crippen LogP contribution < -0.4 is 10.5 Å². The van der Waals surface area contributed by atoms with Crippen LogP contribution in [0.15, 0.2) is 24.5 Å². The molecule has 0 saturated carbocycles. The Kier molecular flexibility index (Phi) is 5.47. The summed E-state index contributed by atoms with van der Waals surface area (Å²) >= 11 is 0. The molecule has 0 saturated heterocycles. The molecule has 0 fully saturated rings. The molecule has 0 aromatic carbocycles. The third-order valence-corrected chi connectivity index (χ3v) is 3.46. The van der Waals surface area contributed by atoms with Crippen molar-refractivity contribution in [3.8, 4) is 23.2 Å². The van der Waals surface area contributed by atoms with Gasteiger partial charge in [-0.1, -0.05) is 13.8 Å². The van der Waals surface area contributed by atoms with Gasteiger partial charge in [-0.2, -0.15) is 5.26 Å². The third-order valence-electron chi connectivity index (χ3n) is 3.46. The normalized spacial score (nSPS) is 13.4. The maximum absolute atomic E-state index is 9.40. The molecule has 2 aromatic rings. The van der Waals surface area contributed by atoms with Crippen LogP contribution in [0.2, 0.25) is 0 Å². The second-order valence-corrected chi connectivity index (χ2v) is 6.71. The van der Waals surface area contributed by atoms with Crippen molar-refractivity contribution in [1.29, 1.82) is 5.26 Å². The first-order valence-electron chi connectivity index (χ1n) is 7.92. The first-order chi connectivity index (χ1) is 11.3. The molecule has 0 amide bonds. The van der Waals surface area contributed by atoms with Crippen LogP contribution in [0.1, 0.15) is 38.6 Å². The van der Waals surface area contributed by atoms with Crippen molar-refractivity contribution < 1.29 is 4.74 Å². The highest BCUT2D eigenvalue weighted by Gasteiger charge is 2.22. The summed E-state index contributed by atoms with van der Waals surface area (Å²) in [6.07, 6.45) is 4.05. The number of aryl methyl sites for hydroxylation is 1. The minimum atomic E-state index is -0.455. The van der Waals surface area contributed by atoms with Crippen molar-refractivity contribution >= 4 is 0 Å². The number of hydrogen-bond acceptors (Lipinski definition) is 6. The van der Waals surface area contributed by atoms with Crippen LogP contribution in [-0.2, 0) is 0 Å². The Morgan fingerprint density at radius 3 is 2.71 bits per heavy atom. The van der Waals surface area contributed by atoms with Gasteiger partial charge in [0.25, 0.3) is 0 Å². The van der Waals surface area contributed by atoms with Gasteiger partial charge in [0, 0.05) is 11.7 Å². The Bertz CT molecular complexity index is 749. The van der Waals surface area contributed by atoms with Gasteiger partial charge in [0.05, 0.1) is 23.1 Å². The van der Waals surface area contributed by atoms with E-state index in [0.717, 1.165) is 6.42 Å². The number of aromatic nitrogens is 3. The van der Waals surface area contributed by atoms with Crippen LogP contribution in [0, 0.1) is 24.2 Å². The molecular weight excluding hydrogens is 302 g/mol. The van der Waals surface area contributed by atoms with E-state index in [-0.39, 0.29) is 0 Å². The Balaban J connectivity index is 2.20. The summed E-state index contributed by atoms with van der Waals surface area (Å²) in [5.41, 5.74) is 7.50. The highest BCUT2D eigenvalue weighted by atomic mass is 16.5. The Labute approximate surface area is 142 Å². The Hall–Kier alpha value is -2.52. The summed E-state index contributed by atoms with van der Waals surface area (Å²) in [5.74, 6) is 1.56. The number of rotatable bonds is 6. The molecule has 0 radical (unpaired) electrons. The van der Waals surface area contributed by atoms with Crippen LogP contribution in [0.5, 0.6) is 5.75 Å². The molecule has 0 unspecified atom stereocenters. The minimum Gasteiger partial charge on any atom is -0.489 e. The predicted octanol–water partition coefficient (Wildman–Crippen LogP) is 2.86. The predicted molar refractivity (Wildman–Crippen MR) is 92.3 cm³/mol. The minimum absolute atomic E-state index is 0.327. The second kappa shape index (κ2) is 7.37. The SMILES string of the molecule is Cc1nccc(-c2cc(C#N)c(OC[C@@](C)(N)CC(C)C)cn2)n1. The molecule has 126 valence electrons. The second-order valence-electron chi connectivity index (χ2n) is 6.71. The van der Waals surface area contributed by atoms with Crippen LogP contribution in [0.3, 0.4) is 0 Å². The van der Waals surface area contributed by atoms with Crippen LogP contribution in [0.4, 0.5) is 0 Å². The number of nitrogens with two attached hydrogens (primary N) is 1. The zero-order valence-electron chi connectivity index (χ0n) is 14.6. The quantitative estimate of drug-likeness (QED) is 0.877. The van der Waals surface area contributed by atoms with Crippen molar-refractivity contribution in [2.45, 2.75) is 39.7 Å². The van der Waals surface area contributed by atoms with Crippen LogP contribution >= 0.6 is 0 Å². The standard InChI is InChI=1S/C18H23N5O/c1-12(2)8-18(4,20)11-24-17-10-22-16(7-14(17)9-19)15-5-6-21-13(3)23-15/h5-7,10,12H,8,11,20H2,1-4H3/t18-/m0/s1. The van der Waals surface area contributed by atoms with Gasteiger partial charge < -0.3 is 10.5 Å². The Morgan fingerprint density at radius 1 is 1.33 bits per heavy atom. The molecular formula is C18H23N5O. The summed E-state index contributed by atoms with van der Waals surface area (Å²) in [7, 11) is 0. The smallest absolute Gasteiger partial charge is 0.155 e. The molecule has 6 heteroatoms. The number of pyridine rings is 1. The van der Waals surface area contributed by atoms with Crippen molar-refractivity contribution in [2.24, 2.45) is 11.7 Å². The molecule has 0 bridgehead atoms. The molecule has 2 heterocycles. The zero-order chi connectivity index (χ0) is 17.7. The summed E-state index contributed by atoms with van der Waals surface area (Å²) in [6.45, 7) is 8.32. The number of ether oxygens (including phenoxy) is 1. The molecule has 0 aliphatic heterocycles. The van der Waals surface area contributed by atoms with Crippen LogP contribution in [-0.4, -0.2) is 27.1 Å². The first-order valence-corrected chi connectivity index (χ1v) is 7.92. The van der Waals surface area contributed by atoms with E-state index < -0.39 is 5.54 Å². The molecule has 1 atom stereocenters. The van der Waals surface area contributed by atoms with Gasteiger partial charge >= 0.3 is 0 Å². The van der Waals surface area contributed by atoms with Crippen molar-refractivity contribution in [2.75, 3.05) is 6.61 Å². The van der Waals surface area contributed by atoms with Crippen molar-refractivity contribution in [3.63, 3.8) is 0 Å². The largest absolute Gasteiger partial charge is 0.489 e. The Morgan fingerprint density at radius 2 is 2.08 bits per heavy atom. The fourth-order valence-corrected chi connectivity index (χ4v) is 2.62. The lowest BCUT2D eigenvalue weighted by Crippen LogP contribution is -2.43. The lowest BCUT2D eigenvalue weighted by molar-refractivity contribution is 0.206. The molecule has 2 rings (SSSR count). The topological polar surface area (TPSA) is 97.7 Å². The fourth-order valence-electron chi connectivity index (χ4n) is 2.62. The van der Waals surface area contributed by atoms with Gasteiger partial charge in [-0.3, -0.25) is 4.98 Å². The highest BCUT2D eigenvalue weighted by molar-refractivity contribution is 5.58. The molecule has 0 aliphatic rings. The number of nitriles is 1. The van der Waals surface area contributed by atoms with Gasteiger partial charge in [-0.05, 0) is 38.3 Å². The van der Waals surface area contributed by atoms with E-state index in [4.69, 9.17) is 10.5 Å². The monoisotopic (exact) mass is 325 g/mol. The number of hydrogen-bond donors (Lipinski definition) is 1. The summed E-state index contributed by atoms with van der Waals surface area (Å²) in [4.78, 5) is 12.7. The maximum atomic E-state index is 9.40. The highest BCUT2D eigenvalue weighted by Crippen LogP contribution is 2.24. The van der Waals surface area contributed by atoms with Gasteiger partial charge in [0.15, 0.2) is 5.75 Å². The average molecular weight is 325 g/mol. The zero-order valence-corrected chi connectivity index (χ0v) is 14.6. The van der Waals surface area contributed by atoms with Crippen molar-refractivity contribution in [3.05, 3.63) is 35.9 Å². The lowest BCUT2D eigenvalue weighted by atomic mass is 9.93. The van der Waals surface area contributed by atoms with E-state index in [1.54, 1.807) is 24.5 Å².